The summed E-state index contributed by atoms with van der Waals surface area (Å²) in [6.07, 6.45) is -6.40. The Hall–Kier alpha value is -3.75. The van der Waals surface area contributed by atoms with Crippen molar-refractivity contribution in [3.8, 4) is 17.2 Å². The molecule has 1 aromatic carbocycles. The number of aromatic nitrogens is 7. The minimum Gasteiger partial charge on any atom is -0.463 e. The number of pyridine rings is 1. The molecular weight excluding hydrogens is 542 g/mol. The summed E-state index contributed by atoms with van der Waals surface area (Å²) in [7, 11) is 1.12. The van der Waals surface area contributed by atoms with Gasteiger partial charge in [-0.1, -0.05) is 23.2 Å². The second kappa shape index (κ2) is 10.3. The Bertz CT molecular complexity index is 1500. The molecule has 0 unspecified atom stereocenters. The third-order valence-corrected chi connectivity index (χ3v) is 5.56. The first kappa shape index (κ1) is 26.3. The molecule has 0 aliphatic heterocycles. The van der Waals surface area contributed by atoms with E-state index >= 15 is 0 Å². The molecule has 4 aromatic rings. The highest BCUT2D eigenvalue weighted by molar-refractivity contribution is 6.32. The van der Waals surface area contributed by atoms with Crippen molar-refractivity contribution >= 4 is 29.2 Å². The van der Waals surface area contributed by atoms with Crippen LogP contribution in [0.4, 0.5) is 13.2 Å². The van der Waals surface area contributed by atoms with Gasteiger partial charge in [0.25, 0.3) is 0 Å². The van der Waals surface area contributed by atoms with Gasteiger partial charge in [-0.25, -0.2) is 24.2 Å². The van der Waals surface area contributed by atoms with Crippen LogP contribution in [0.15, 0.2) is 47.4 Å². The number of carbonyl (C=O) groups excluding carboxylic acids is 1. The van der Waals surface area contributed by atoms with Crippen LogP contribution >= 0.6 is 23.2 Å². The topological polar surface area (TPSA) is 130 Å². The smallest absolute Gasteiger partial charge is 0.416 e. The lowest BCUT2D eigenvalue weighted by molar-refractivity contribution is -0.207. The average Bonchev–Trinajstić information content (AvgIpc) is 3.40. The summed E-state index contributed by atoms with van der Waals surface area (Å²) in [5.74, 6) is -1.42. The lowest BCUT2D eigenvalue weighted by atomic mass is 10.2. The maximum atomic E-state index is 13.1. The van der Waals surface area contributed by atoms with Gasteiger partial charge in [0.1, 0.15) is 6.54 Å². The first-order valence-corrected chi connectivity index (χ1v) is 11.1. The minimum absolute atomic E-state index is 0.0522. The van der Waals surface area contributed by atoms with Crippen LogP contribution in [-0.2, 0) is 17.8 Å². The summed E-state index contributed by atoms with van der Waals surface area (Å²) in [6.45, 7) is -1.56. The molecule has 0 aliphatic carbocycles. The fraction of sp³-hybridized carbons (Fsp3) is 0.238. The molecule has 0 bridgehead atoms. The third kappa shape index (κ3) is 5.50. The summed E-state index contributed by atoms with van der Waals surface area (Å²) < 4.78 is 46.4. The largest absolute Gasteiger partial charge is 0.463 e. The first-order chi connectivity index (χ1) is 17.5. The maximum Gasteiger partial charge on any atom is 0.416 e. The summed E-state index contributed by atoms with van der Waals surface area (Å²) in [6, 6.07) is 8.90. The predicted octanol–water partition coefficient (Wildman–Crippen LogP) is 2.75. The molecule has 0 amide bonds. The monoisotopic (exact) mass is 557 g/mol. The first-order valence-electron chi connectivity index (χ1n) is 10.3. The van der Waals surface area contributed by atoms with Crippen LogP contribution in [0.1, 0.15) is 16.4 Å². The Balaban J connectivity index is 1.79. The van der Waals surface area contributed by atoms with Crippen LogP contribution in [0.5, 0.6) is 0 Å². The summed E-state index contributed by atoms with van der Waals surface area (Å²) in [5.41, 5.74) is -0.719. The van der Waals surface area contributed by atoms with E-state index in [1.165, 1.54) is 36.5 Å². The van der Waals surface area contributed by atoms with Gasteiger partial charge in [0.2, 0.25) is 5.82 Å². The molecule has 0 spiro atoms. The van der Waals surface area contributed by atoms with Gasteiger partial charge in [0.05, 0.1) is 18.7 Å². The molecule has 4 rings (SSSR count). The number of aliphatic hydroxyl groups is 1. The van der Waals surface area contributed by atoms with Crippen molar-refractivity contribution in [2.45, 2.75) is 25.4 Å². The SMILES string of the molecule is COC(=O)c1nc(Cn2nc(-c3ccc(Cl)cc3)n(C[C@@H](O)C(F)(F)F)c2=O)nn1-c1ncccc1Cl. The van der Waals surface area contributed by atoms with Gasteiger partial charge in [0, 0.05) is 16.8 Å². The second-order valence-corrected chi connectivity index (χ2v) is 8.35. The predicted molar refractivity (Wildman–Crippen MR) is 124 cm³/mol. The van der Waals surface area contributed by atoms with Gasteiger partial charge in [0.15, 0.2) is 23.6 Å². The molecule has 37 heavy (non-hydrogen) atoms. The van der Waals surface area contributed by atoms with Crippen molar-refractivity contribution in [3.63, 3.8) is 0 Å². The van der Waals surface area contributed by atoms with Gasteiger partial charge in [-0.2, -0.15) is 17.9 Å². The standard InChI is InChI=1S/C21H16Cl2F3N7O4/c1-37-19(35)18-28-15(29-33(18)17-13(23)3-2-8-27-17)10-32-20(36)31(9-14(34)21(24,25)26)16(30-32)11-4-6-12(22)7-5-11/h2-8,14,34H,9-10H2,1H3/t14-/m1/s1. The minimum atomic E-state index is -4.98. The molecule has 1 atom stereocenters. The number of aliphatic hydroxyl groups excluding tert-OH is 1. The van der Waals surface area contributed by atoms with E-state index in [0.717, 1.165) is 16.5 Å². The van der Waals surface area contributed by atoms with E-state index < -0.39 is 37.0 Å². The number of ether oxygens (including phenoxy) is 1. The highest BCUT2D eigenvalue weighted by Gasteiger charge is 2.39. The quantitative estimate of drug-likeness (QED) is 0.343. The fourth-order valence-corrected chi connectivity index (χ4v) is 3.59. The van der Waals surface area contributed by atoms with Crippen LogP contribution in [0.2, 0.25) is 10.0 Å². The zero-order chi connectivity index (χ0) is 26.9. The van der Waals surface area contributed by atoms with E-state index in [1.54, 1.807) is 6.07 Å². The number of halogens is 5. The Morgan fingerprint density at radius 3 is 2.49 bits per heavy atom. The summed E-state index contributed by atoms with van der Waals surface area (Å²) in [4.78, 5) is 33.5. The Morgan fingerprint density at radius 1 is 1.16 bits per heavy atom. The Labute approximate surface area is 215 Å². The molecule has 0 saturated heterocycles. The second-order valence-electron chi connectivity index (χ2n) is 7.50. The van der Waals surface area contributed by atoms with Crippen LogP contribution in [-0.4, -0.2) is 64.6 Å². The maximum absolute atomic E-state index is 13.1. The highest BCUT2D eigenvalue weighted by atomic mass is 35.5. The lowest BCUT2D eigenvalue weighted by Gasteiger charge is -2.15. The molecule has 0 aliphatic rings. The lowest BCUT2D eigenvalue weighted by Crippen LogP contribution is -2.37. The zero-order valence-electron chi connectivity index (χ0n) is 18.7. The van der Waals surface area contributed by atoms with Crippen molar-refractivity contribution in [1.29, 1.82) is 0 Å². The number of rotatable bonds is 7. The van der Waals surface area contributed by atoms with Crippen molar-refractivity contribution in [1.82, 2.24) is 34.1 Å². The number of nitrogens with zero attached hydrogens (tertiary/aromatic N) is 7. The highest BCUT2D eigenvalue weighted by Crippen LogP contribution is 2.24. The molecule has 0 fully saturated rings. The molecule has 1 N–H and O–H groups in total. The van der Waals surface area contributed by atoms with Crippen LogP contribution in [0.25, 0.3) is 17.2 Å². The number of carbonyl (C=O) groups is 1. The van der Waals surface area contributed by atoms with Gasteiger partial charge in [-0.15, -0.1) is 10.2 Å². The van der Waals surface area contributed by atoms with Crippen molar-refractivity contribution in [2.24, 2.45) is 0 Å². The number of esters is 1. The Morgan fingerprint density at radius 2 is 1.86 bits per heavy atom. The molecule has 3 heterocycles. The van der Waals surface area contributed by atoms with E-state index in [1.807, 2.05) is 0 Å². The van der Waals surface area contributed by atoms with E-state index in [0.29, 0.717) is 9.59 Å². The van der Waals surface area contributed by atoms with Crippen LogP contribution in [0, 0.1) is 0 Å². The average molecular weight is 558 g/mol. The van der Waals surface area contributed by atoms with E-state index in [4.69, 9.17) is 27.9 Å². The van der Waals surface area contributed by atoms with E-state index in [9.17, 15) is 27.9 Å². The number of alkyl halides is 3. The molecule has 194 valence electrons. The van der Waals surface area contributed by atoms with Gasteiger partial charge in [-0.3, -0.25) is 4.57 Å². The Kier molecular flexibility index (Phi) is 7.34. The third-order valence-electron chi connectivity index (χ3n) is 5.01. The fourth-order valence-electron chi connectivity index (χ4n) is 3.26. The molecule has 11 nitrogen and oxygen atoms in total. The van der Waals surface area contributed by atoms with Gasteiger partial charge < -0.3 is 9.84 Å². The molecule has 0 saturated carbocycles. The molecule has 16 heteroatoms. The van der Waals surface area contributed by atoms with Crippen molar-refractivity contribution < 1.29 is 27.8 Å². The zero-order valence-corrected chi connectivity index (χ0v) is 20.2. The number of hydrogen-bond donors (Lipinski definition) is 1. The number of benzene rings is 1. The number of methoxy groups -OCH3 is 1. The van der Waals surface area contributed by atoms with Crippen molar-refractivity contribution in [2.75, 3.05) is 7.11 Å². The summed E-state index contributed by atoms with van der Waals surface area (Å²) >= 11 is 12.1. The van der Waals surface area contributed by atoms with Gasteiger partial charge in [-0.05, 0) is 36.4 Å². The normalized spacial score (nSPS) is 12.5. The van der Waals surface area contributed by atoms with Crippen molar-refractivity contribution in [3.05, 3.63) is 74.8 Å². The molecular formula is C21H16Cl2F3N7O4. The van der Waals surface area contributed by atoms with Crippen LogP contribution in [0.3, 0.4) is 0 Å². The molecule has 3 aromatic heterocycles. The van der Waals surface area contributed by atoms with Gasteiger partial charge >= 0.3 is 17.8 Å². The molecule has 0 radical (unpaired) electrons. The van der Waals surface area contributed by atoms with E-state index in [2.05, 4.69) is 20.2 Å². The number of hydrogen-bond acceptors (Lipinski definition) is 8. The van der Waals surface area contributed by atoms with E-state index in [-0.39, 0.29) is 33.9 Å². The summed E-state index contributed by atoms with van der Waals surface area (Å²) in [5, 5.41) is 18.4. The van der Waals surface area contributed by atoms with Crippen LogP contribution < -0.4 is 5.69 Å².